The standard InChI is InChI=1S/C21H36O3/c1-5-9-13-22-19-16-18(12-8-4)17-20(23-14-10-6-2)21(19)24-15-11-7-3/h16-17H,5-15H2,1-4H3. The lowest BCUT2D eigenvalue weighted by molar-refractivity contribution is 0.237. The molecule has 0 saturated heterocycles. The molecule has 0 radical (unpaired) electrons. The minimum Gasteiger partial charge on any atom is -0.490 e. The van der Waals surface area contributed by atoms with E-state index in [1.54, 1.807) is 0 Å². The minimum atomic E-state index is 0.706. The summed E-state index contributed by atoms with van der Waals surface area (Å²) in [6.07, 6.45) is 8.66. The fourth-order valence-corrected chi connectivity index (χ4v) is 2.39. The van der Waals surface area contributed by atoms with E-state index in [0.717, 1.165) is 81.8 Å². The number of hydrogen-bond acceptors (Lipinski definition) is 3. The Balaban J connectivity index is 3.01. The Morgan fingerprint density at radius 3 is 1.50 bits per heavy atom. The molecule has 0 aliphatic carbocycles. The first kappa shape index (κ1) is 20.7. The molecular formula is C21H36O3. The van der Waals surface area contributed by atoms with Crippen molar-refractivity contribution >= 4 is 0 Å². The molecule has 24 heavy (non-hydrogen) atoms. The molecule has 1 aromatic carbocycles. The molecule has 0 amide bonds. The van der Waals surface area contributed by atoms with Crippen LogP contribution in [0.15, 0.2) is 12.1 Å². The van der Waals surface area contributed by atoms with Gasteiger partial charge in [0.2, 0.25) is 5.75 Å². The normalized spacial score (nSPS) is 10.7. The van der Waals surface area contributed by atoms with Crippen LogP contribution in [0.25, 0.3) is 0 Å². The zero-order valence-electron chi connectivity index (χ0n) is 16.2. The minimum absolute atomic E-state index is 0.706. The van der Waals surface area contributed by atoms with Gasteiger partial charge < -0.3 is 14.2 Å². The van der Waals surface area contributed by atoms with Crippen LogP contribution in [0.2, 0.25) is 0 Å². The van der Waals surface area contributed by atoms with Crippen LogP contribution in [0.3, 0.4) is 0 Å². The zero-order valence-corrected chi connectivity index (χ0v) is 16.2. The Kier molecular flexibility index (Phi) is 11.2. The molecule has 1 aromatic rings. The van der Waals surface area contributed by atoms with Gasteiger partial charge in [0.15, 0.2) is 11.5 Å². The van der Waals surface area contributed by atoms with Crippen LogP contribution in [0.5, 0.6) is 17.2 Å². The Labute approximate surface area is 148 Å². The number of hydrogen-bond donors (Lipinski definition) is 0. The molecule has 0 atom stereocenters. The van der Waals surface area contributed by atoms with Crippen molar-refractivity contribution in [2.45, 2.75) is 79.1 Å². The Hall–Kier alpha value is -1.38. The third-order valence-electron chi connectivity index (χ3n) is 3.87. The average molecular weight is 337 g/mol. The second-order valence-electron chi connectivity index (χ2n) is 6.28. The Bertz CT molecular complexity index is 412. The van der Waals surface area contributed by atoms with Crippen LogP contribution >= 0.6 is 0 Å². The number of rotatable bonds is 14. The van der Waals surface area contributed by atoms with Crippen LogP contribution in [-0.4, -0.2) is 19.8 Å². The van der Waals surface area contributed by atoms with Gasteiger partial charge in [-0.3, -0.25) is 0 Å². The molecule has 0 saturated carbocycles. The van der Waals surface area contributed by atoms with Gasteiger partial charge in [0.25, 0.3) is 0 Å². The van der Waals surface area contributed by atoms with Gasteiger partial charge in [-0.1, -0.05) is 53.4 Å². The maximum absolute atomic E-state index is 6.05. The summed E-state index contributed by atoms with van der Waals surface area (Å²) in [6.45, 7) is 10.9. The van der Waals surface area contributed by atoms with Gasteiger partial charge >= 0.3 is 0 Å². The zero-order chi connectivity index (χ0) is 17.6. The molecule has 0 heterocycles. The fourth-order valence-electron chi connectivity index (χ4n) is 2.39. The van der Waals surface area contributed by atoms with Gasteiger partial charge in [0.1, 0.15) is 0 Å². The first-order valence-electron chi connectivity index (χ1n) is 9.82. The first-order chi connectivity index (χ1) is 11.8. The summed E-state index contributed by atoms with van der Waals surface area (Å²) in [6, 6.07) is 4.26. The largest absolute Gasteiger partial charge is 0.490 e. The highest BCUT2D eigenvalue weighted by Gasteiger charge is 2.15. The van der Waals surface area contributed by atoms with E-state index in [1.165, 1.54) is 5.56 Å². The smallest absolute Gasteiger partial charge is 0.203 e. The summed E-state index contributed by atoms with van der Waals surface area (Å²) < 4.78 is 18.1. The Morgan fingerprint density at radius 2 is 1.08 bits per heavy atom. The van der Waals surface area contributed by atoms with Gasteiger partial charge in [-0.2, -0.15) is 0 Å². The molecule has 0 aromatic heterocycles. The van der Waals surface area contributed by atoms with Crippen molar-refractivity contribution in [1.29, 1.82) is 0 Å². The predicted molar refractivity (Wildman–Crippen MR) is 102 cm³/mol. The fraction of sp³-hybridized carbons (Fsp3) is 0.714. The van der Waals surface area contributed by atoms with Crippen LogP contribution in [0.4, 0.5) is 0 Å². The molecule has 3 nitrogen and oxygen atoms in total. The lowest BCUT2D eigenvalue weighted by Gasteiger charge is -2.18. The molecule has 0 unspecified atom stereocenters. The van der Waals surface area contributed by atoms with Crippen LogP contribution in [0, 0.1) is 0 Å². The Morgan fingerprint density at radius 1 is 0.625 bits per heavy atom. The molecule has 0 bridgehead atoms. The lowest BCUT2D eigenvalue weighted by atomic mass is 10.1. The molecule has 1 rings (SSSR count). The van der Waals surface area contributed by atoms with Crippen molar-refractivity contribution in [3.63, 3.8) is 0 Å². The van der Waals surface area contributed by atoms with E-state index >= 15 is 0 Å². The van der Waals surface area contributed by atoms with Crippen molar-refractivity contribution in [2.75, 3.05) is 19.8 Å². The number of ether oxygens (including phenoxy) is 3. The number of aryl methyl sites for hydroxylation is 1. The molecular weight excluding hydrogens is 300 g/mol. The maximum atomic E-state index is 6.05. The van der Waals surface area contributed by atoms with Crippen LogP contribution in [0.1, 0.15) is 78.2 Å². The van der Waals surface area contributed by atoms with E-state index in [2.05, 4.69) is 39.8 Å². The van der Waals surface area contributed by atoms with Gasteiger partial charge in [0.05, 0.1) is 19.8 Å². The summed E-state index contributed by atoms with van der Waals surface area (Å²) >= 11 is 0. The van der Waals surface area contributed by atoms with Crippen molar-refractivity contribution in [2.24, 2.45) is 0 Å². The molecule has 0 N–H and O–H groups in total. The molecule has 3 heteroatoms. The van der Waals surface area contributed by atoms with E-state index < -0.39 is 0 Å². The topological polar surface area (TPSA) is 27.7 Å². The monoisotopic (exact) mass is 336 g/mol. The summed E-state index contributed by atoms with van der Waals surface area (Å²) in [5.74, 6) is 2.48. The van der Waals surface area contributed by atoms with E-state index in [1.807, 2.05) is 0 Å². The van der Waals surface area contributed by atoms with Crippen molar-refractivity contribution in [3.8, 4) is 17.2 Å². The summed E-state index contributed by atoms with van der Waals surface area (Å²) in [4.78, 5) is 0. The average Bonchev–Trinajstić information content (AvgIpc) is 2.58. The van der Waals surface area contributed by atoms with Gasteiger partial charge in [-0.05, 0) is 43.4 Å². The van der Waals surface area contributed by atoms with E-state index in [0.29, 0.717) is 6.61 Å². The third kappa shape index (κ3) is 7.46. The SMILES string of the molecule is CCCCOc1cc(CCC)cc(OCCCC)c1OCCCC. The van der Waals surface area contributed by atoms with E-state index in [9.17, 15) is 0 Å². The van der Waals surface area contributed by atoms with E-state index in [4.69, 9.17) is 14.2 Å². The highest BCUT2D eigenvalue weighted by molar-refractivity contribution is 5.54. The van der Waals surface area contributed by atoms with Crippen molar-refractivity contribution < 1.29 is 14.2 Å². The summed E-state index contributed by atoms with van der Waals surface area (Å²) in [5, 5.41) is 0. The molecule has 0 spiro atoms. The van der Waals surface area contributed by atoms with Gasteiger partial charge in [0, 0.05) is 0 Å². The van der Waals surface area contributed by atoms with Crippen molar-refractivity contribution in [3.05, 3.63) is 17.7 Å². The summed E-state index contributed by atoms with van der Waals surface area (Å²) in [7, 11) is 0. The quantitative estimate of drug-likeness (QED) is 0.380. The van der Waals surface area contributed by atoms with Gasteiger partial charge in [-0.25, -0.2) is 0 Å². The summed E-state index contributed by atoms with van der Waals surface area (Å²) in [5.41, 5.74) is 1.26. The van der Waals surface area contributed by atoms with Crippen molar-refractivity contribution in [1.82, 2.24) is 0 Å². The number of unbranched alkanes of at least 4 members (excludes halogenated alkanes) is 3. The first-order valence-corrected chi connectivity index (χ1v) is 9.82. The van der Waals surface area contributed by atoms with Crippen LogP contribution in [-0.2, 0) is 6.42 Å². The maximum Gasteiger partial charge on any atom is 0.203 e. The lowest BCUT2D eigenvalue weighted by Crippen LogP contribution is -2.06. The van der Waals surface area contributed by atoms with E-state index in [-0.39, 0.29) is 0 Å². The highest BCUT2D eigenvalue weighted by atomic mass is 16.5. The molecule has 0 aliphatic rings. The molecule has 0 aliphatic heterocycles. The molecule has 138 valence electrons. The molecule has 0 fully saturated rings. The highest BCUT2D eigenvalue weighted by Crippen LogP contribution is 2.39. The second kappa shape index (κ2) is 13.0. The van der Waals surface area contributed by atoms with Gasteiger partial charge in [-0.15, -0.1) is 0 Å². The van der Waals surface area contributed by atoms with Crippen LogP contribution < -0.4 is 14.2 Å². The third-order valence-corrected chi connectivity index (χ3v) is 3.87. The number of benzene rings is 1. The predicted octanol–water partition coefficient (Wildman–Crippen LogP) is 6.18. The second-order valence-corrected chi connectivity index (χ2v) is 6.28.